The zero-order valence-electron chi connectivity index (χ0n) is 14.7. The number of fused-ring (bicyclic) bond motifs is 1. The van der Waals surface area contributed by atoms with Crippen LogP contribution >= 0.6 is 11.3 Å². The van der Waals surface area contributed by atoms with Crippen LogP contribution in [0.3, 0.4) is 0 Å². The summed E-state index contributed by atoms with van der Waals surface area (Å²) in [5.74, 6) is 1.51. The first-order valence-corrected chi connectivity index (χ1v) is 9.17. The second-order valence-electron chi connectivity index (χ2n) is 6.06. The maximum atomic E-state index is 12.7. The van der Waals surface area contributed by atoms with Gasteiger partial charge in [0.25, 0.3) is 5.56 Å². The van der Waals surface area contributed by atoms with Gasteiger partial charge in [0.2, 0.25) is 0 Å². The number of rotatable bonds is 5. The molecule has 0 aliphatic rings. The van der Waals surface area contributed by atoms with Crippen molar-refractivity contribution in [2.45, 2.75) is 13.3 Å². The fraction of sp³-hybridized carbons (Fsp3) is 0.150. The molecule has 7 heteroatoms. The third-order valence-electron chi connectivity index (χ3n) is 4.38. The second kappa shape index (κ2) is 6.85. The predicted molar refractivity (Wildman–Crippen MR) is 104 cm³/mol. The number of hydrogen-bond donors (Lipinski definition) is 1. The molecule has 4 rings (SSSR count). The largest absolute Gasteiger partial charge is 0.497 e. The predicted octanol–water partition coefficient (Wildman–Crippen LogP) is 3.99. The fourth-order valence-corrected chi connectivity index (χ4v) is 3.95. The van der Waals surface area contributed by atoms with Crippen LogP contribution in [0.25, 0.3) is 21.3 Å². The summed E-state index contributed by atoms with van der Waals surface area (Å²) in [6.45, 7) is 1.73. The van der Waals surface area contributed by atoms with Crippen molar-refractivity contribution in [1.29, 1.82) is 0 Å². The topological polar surface area (TPSA) is 85.2 Å². The summed E-state index contributed by atoms with van der Waals surface area (Å²) in [7, 11) is 1.61. The number of aromatic nitrogens is 2. The summed E-state index contributed by atoms with van der Waals surface area (Å²) >= 11 is 1.38. The van der Waals surface area contributed by atoms with Gasteiger partial charge in [-0.15, -0.1) is 11.3 Å². The number of methoxy groups -OCH3 is 1. The maximum Gasteiger partial charge on any atom is 0.260 e. The minimum absolute atomic E-state index is 0.0152. The minimum Gasteiger partial charge on any atom is -0.497 e. The van der Waals surface area contributed by atoms with Gasteiger partial charge < -0.3 is 14.1 Å². The van der Waals surface area contributed by atoms with Crippen molar-refractivity contribution in [1.82, 2.24) is 9.97 Å². The molecular weight excluding hydrogens is 364 g/mol. The summed E-state index contributed by atoms with van der Waals surface area (Å²) in [5.41, 5.74) is 1.98. The SMILES string of the molecule is COc1ccc(-c2csc3nc(CC(=O)c4ccoc4C)[nH]c(=O)c23)cc1. The van der Waals surface area contributed by atoms with E-state index in [0.29, 0.717) is 27.4 Å². The van der Waals surface area contributed by atoms with Gasteiger partial charge in [-0.2, -0.15) is 0 Å². The van der Waals surface area contributed by atoms with Gasteiger partial charge in [0.15, 0.2) is 5.78 Å². The van der Waals surface area contributed by atoms with Crippen LogP contribution in [0.1, 0.15) is 21.9 Å². The number of ether oxygens (including phenoxy) is 1. The molecule has 4 aromatic rings. The smallest absolute Gasteiger partial charge is 0.260 e. The van der Waals surface area contributed by atoms with E-state index in [-0.39, 0.29) is 17.8 Å². The number of nitrogens with zero attached hydrogens (tertiary/aromatic N) is 1. The molecule has 0 saturated carbocycles. The highest BCUT2D eigenvalue weighted by Gasteiger charge is 2.17. The number of nitrogens with one attached hydrogen (secondary N) is 1. The lowest BCUT2D eigenvalue weighted by molar-refractivity contribution is 0.0989. The molecule has 27 heavy (non-hydrogen) atoms. The van der Waals surface area contributed by atoms with Crippen molar-refractivity contribution in [2.24, 2.45) is 0 Å². The van der Waals surface area contributed by atoms with E-state index in [4.69, 9.17) is 9.15 Å². The van der Waals surface area contributed by atoms with E-state index in [0.717, 1.165) is 16.9 Å². The molecule has 3 aromatic heterocycles. The molecule has 0 saturated heterocycles. The minimum atomic E-state index is -0.251. The van der Waals surface area contributed by atoms with Crippen molar-refractivity contribution in [2.75, 3.05) is 7.11 Å². The van der Waals surface area contributed by atoms with Gasteiger partial charge in [-0.3, -0.25) is 9.59 Å². The molecule has 6 nitrogen and oxygen atoms in total. The Morgan fingerprint density at radius 3 is 2.70 bits per heavy atom. The average molecular weight is 380 g/mol. The maximum absolute atomic E-state index is 12.7. The van der Waals surface area contributed by atoms with E-state index in [2.05, 4.69) is 9.97 Å². The van der Waals surface area contributed by atoms with Gasteiger partial charge in [0, 0.05) is 10.9 Å². The molecule has 0 unspecified atom stereocenters. The van der Waals surface area contributed by atoms with E-state index >= 15 is 0 Å². The number of ketones is 1. The molecule has 0 aliphatic heterocycles. The Labute approximate surface area is 158 Å². The van der Waals surface area contributed by atoms with Crippen molar-refractivity contribution in [3.8, 4) is 16.9 Å². The Hall–Kier alpha value is -3.19. The van der Waals surface area contributed by atoms with E-state index in [1.165, 1.54) is 17.6 Å². The van der Waals surface area contributed by atoms with Gasteiger partial charge in [-0.05, 0) is 30.7 Å². The van der Waals surface area contributed by atoms with Crippen molar-refractivity contribution in [3.05, 3.63) is 69.5 Å². The molecule has 0 fully saturated rings. The van der Waals surface area contributed by atoms with Gasteiger partial charge in [-0.1, -0.05) is 12.1 Å². The Kier molecular flexibility index (Phi) is 4.37. The molecule has 0 spiro atoms. The van der Waals surface area contributed by atoms with Crippen LogP contribution < -0.4 is 10.3 Å². The number of H-pyrrole nitrogens is 1. The van der Waals surface area contributed by atoms with Gasteiger partial charge >= 0.3 is 0 Å². The zero-order chi connectivity index (χ0) is 19.0. The zero-order valence-corrected chi connectivity index (χ0v) is 15.6. The van der Waals surface area contributed by atoms with Crippen LogP contribution in [0, 0.1) is 6.92 Å². The molecule has 0 atom stereocenters. The lowest BCUT2D eigenvalue weighted by Gasteiger charge is -2.03. The first-order chi connectivity index (χ1) is 13.1. The lowest BCUT2D eigenvalue weighted by atomic mass is 10.1. The van der Waals surface area contributed by atoms with E-state index in [1.807, 2.05) is 29.6 Å². The normalized spacial score (nSPS) is 11.0. The van der Waals surface area contributed by atoms with Crippen LogP contribution in [-0.4, -0.2) is 22.9 Å². The van der Waals surface area contributed by atoms with E-state index < -0.39 is 0 Å². The third-order valence-corrected chi connectivity index (χ3v) is 5.25. The number of benzene rings is 1. The average Bonchev–Trinajstić information content (AvgIpc) is 3.28. The highest BCUT2D eigenvalue weighted by atomic mass is 32.1. The number of carbonyl (C=O) groups excluding carboxylic acids is 1. The van der Waals surface area contributed by atoms with Gasteiger partial charge in [0.1, 0.15) is 22.2 Å². The molecule has 0 amide bonds. The van der Waals surface area contributed by atoms with Crippen LogP contribution in [0.5, 0.6) is 5.75 Å². The number of hydrogen-bond acceptors (Lipinski definition) is 6. The number of thiophene rings is 1. The Morgan fingerprint density at radius 2 is 2.04 bits per heavy atom. The monoisotopic (exact) mass is 380 g/mol. The second-order valence-corrected chi connectivity index (χ2v) is 6.92. The van der Waals surface area contributed by atoms with Crippen molar-refractivity contribution < 1.29 is 13.9 Å². The van der Waals surface area contributed by atoms with Gasteiger partial charge in [-0.25, -0.2) is 4.98 Å². The van der Waals surface area contributed by atoms with Gasteiger partial charge in [0.05, 0.1) is 30.7 Å². The molecule has 0 aliphatic carbocycles. The molecule has 0 radical (unpaired) electrons. The van der Waals surface area contributed by atoms with Crippen molar-refractivity contribution >= 4 is 27.3 Å². The van der Waals surface area contributed by atoms with E-state index in [1.54, 1.807) is 20.1 Å². The first kappa shape index (κ1) is 17.2. The number of aromatic amines is 1. The third kappa shape index (κ3) is 3.17. The molecule has 1 N–H and O–H groups in total. The Balaban J connectivity index is 1.70. The van der Waals surface area contributed by atoms with Crippen LogP contribution in [0.2, 0.25) is 0 Å². The first-order valence-electron chi connectivity index (χ1n) is 8.29. The number of aryl methyl sites for hydroxylation is 1. The highest BCUT2D eigenvalue weighted by molar-refractivity contribution is 7.17. The molecule has 1 aromatic carbocycles. The lowest BCUT2D eigenvalue weighted by Crippen LogP contribution is -2.15. The summed E-state index contributed by atoms with van der Waals surface area (Å²) in [6, 6.07) is 9.13. The Bertz CT molecular complexity index is 1180. The van der Waals surface area contributed by atoms with Crippen LogP contribution in [0.15, 0.2) is 51.2 Å². The molecule has 0 bridgehead atoms. The molecular formula is C20H16N2O4S. The fourth-order valence-electron chi connectivity index (χ4n) is 2.98. The van der Waals surface area contributed by atoms with Crippen LogP contribution in [0.4, 0.5) is 0 Å². The van der Waals surface area contributed by atoms with Crippen LogP contribution in [-0.2, 0) is 6.42 Å². The standard InChI is InChI=1S/C20H16N2O4S/c1-11-14(7-8-26-11)16(23)9-17-21-19(24)18-15(10-27-20(18)22-17)12-3-5-13(25-2)6-4-12/h3-8,10H,9H2,1-2H3,(H,21,22,24). The quantitative estimate of drug-likeness (QED) is 0.529. The van der Waals surface area contributed by atoms with E-state index in [9.17, 15) is 9.59 Å². The molecule has 136 valence electrons. The van der Waals surface area contributed by atoms with Crippen molar-refractivity contribution in [3.63, 3.8) is 0 Å². The molecule has 3 heterocycles. The summed E-state index contributed by atoms with van der Waals surface area (Å²) in [5, 5.41) is 2.43. The summed E-state index contributed by atoms with van der Waals surface area (Å²) < 4.78 is 10.3. The highest BCUT2D eigenvalue weighted by Crippen LogP contribution is 2.31. The summed E-state index contributed by atoms with van der Waals surface area (Å²) in [4.78, 5) is 32.9. The number of furan rings is 1. The number of Topliss-reactive ketones (excluding diaryl/α,β-unsaturated/α-hetero) is 1. The Morgan fingerprint density at radius 1 is 1.26 bits per heavy atom. The number of carbonyl (C=O) groups is 1. The summed E-state index contributed by atoms with van der Waals surface area (Å²) in [6.07, 6.45) is 1.49.